The van der Waals surface area contributed by atoms with Crippen molar-refractivity contribution in [3.63, 3.8) is 0 Å². The van der Waals surface area contributed by atoms with E-state index in [-0.39, 0.29) is 18.0 Å². The quantitative estimate of drug-likeness (QED) is 0.812. The van der Waals surface area contributed by atoms with Crippen molar-refractivity contribution in [2.45, 2.75) is 6.92 Å². The van der Waals surface area contributed by atoms with Crippen LogP contribution in [-0.4, -0.2) is 41.4 Å². The Morgan fingerprint density at radius 2 is 1.89 bits per heavy atom. The van der Waals surface area contributed by atoms with Crippen LogP contribution in [0.15, 0.2) is 24.3 Å². The van der Waals surface area contributed by atoms with Gasteiger partial charge in [0.2, 0.25) is 5.91 Å². The maximum absolute atomic E-state index is 12.1. The van der Waals surface area contributed by atoms with Gasteiger partial charge in [0.15, 0.2) is 0 Å². The summed E-state index contributed by atoms with van der Waals surface area (Å²) in [4.78, 5) is 35.1. The van der Waals surface area contributed by atoms with Crippen LogP contribution in [0.2, 0.25) is 0 Å². The fraction of sp³-hybridized carbons (Fsp3) is 0.308. The van der Waals surface area contributed by atoms with Gasteiger partial charge in [0.25, 0.3) is 5.91 Å². The Balaban J connectivity index is 2.85. The molecule has 2 amide bonds. The van der Waals surface area contributed by atoms with Gasteiger partial charge in [0, 0.05) is 24.7 Å². The van der Waals surface area contributed by atoms with Crippen molar-refractivity contribution in [1.82, 2.24) is 4.90 Å². The van der Waals surface area contributed by atoms with Crippen LogP contribution in [0.4, 0.5) is 0 Å². The first-order chi connectivity index (χ1) is 8.82. The Labute approximate surface area is 110 Å². The van der Waals surface area contributed by atoms with Crippen molar-refractivity contribution in [3.8, 4) is 0 Å². The molecule has 0 fully saturated rings. The Morgan fingerprint density at radius 1 is 1.32 bits per heavy atom. The molecule has 0 aliphatic rings. The molecule has 0 aliphatic carbocycles. The van der Waals surface area contributed by atoms with E-state index in [0.29, 0.717) is 5.56 Å². The van der Waals surface area contributed by atoms with E-state index in [1.54, 1.807) is 12.1 Å². The predicted octanol–water partition coefficient (Wildman–Crippen LogP) is 0.578. The molecule has 0 saturated heterocycles. The van der Waals surface area contributed by atoms with E-state index in [0.717, 1.165) is 0 Å². The molecular formula is C13H16N2O4. The largest absolute Gasteiger partial charge is 0.481 e. The Morgan fingerprint density at radius 3 is 2.42 bits per heavy atom. The van der Waals surface area contributed by atoms with Crippen LogP contribution in [0, 0.1) is 5.92 Å². The van der Waals surface area contributed by atoms with Gasteiger partial charge in [-0.1, -0.05) is 13.0 Å². The van der Waals surface area contributed by atoms with Gasteiger partial charge in [-0.05, 0) is 18.2 Å². The maximum atomic E-state index is 12.1. The number of nitrogens with two attached hydrogens (primary N) is 1. The van der Waals surface area contributed by atoms with Gasteiger partial charge in [0.1, 0.15) is 0 Å². The average Bonchev–Trinajstić information content (AvgIpc) is 2.37. The standard InChI is InChI=1S/C13H16N2O4/c1-8(13(18)19)7-15(2)12(17)10-5-3-4-9(6-10)11(14)16/h3-6,8H,7H2,1-2H3,(H2,14,16)(H,18,19). The fourth-order valence-corrected chi connectivity index (χ4v) is 1.60. The van der Waals surface area contributed by atoms with Crippen LogP contribution >= 0.6 is 0 Å². The Hall–Kier alpha value is -2.37. The summed E-state index contributed by atoms with van der Waals surface area (Å²) in [6, 6.07) is 6.02. The van der Waals surface area contributed by atoms with Crippen LogP contribution in [0.5, 0.6) is 0 Å². The van der Waals surface area contributed by atoms with Gasteiger partial charge in [-0.25, -0.2) is 0 Å². The molecule has 19 heavy (non-hydrogen) atoms. The highest BCUT2D eigenvalue weighted by molar-refractivity contribution is 5.99. The lowest BCUT2D eigenvalue weighted by Crippen LogP contribution is -2.33. The number of carbonyl (C=O) groups excluding carboxylic acids is 2. The fourth-order valence-electron chi connectivity index (χ4n) is 1.60. The second-order valence-electron chi connectivity index (χ2n) is 4.37. The normalized spacial score (nSPS) is 11.7. The summed E-state index contributed by atoms with van der Waals surface area (Å²) in [5.41, 5.74) is 5.68. The van der Waals surface area contributed by atoms with Crippen LogP contribution in [0.25, 0.3) is 0 Å². The number of carboxylic acids is 1. The van der Waals surface area contributed by atoms with Crippen LogP contribution in [-0.2, 0) is 4.79 Å². The molecule has 0 saturated carbocycles. The van der Waals surface area contributed by atoms with Crippen molar-refractivity contribution >= 4 is 17.8 Å². The lowest BCUT2D eigenvalue weighted by molar-refractivity contribution is -0.141. The number of hydrogen-bond donors (Lipinski definition) is 2. The topological polar surface area (TPSA) is 101 Å². The van der Waals surface area contributed by atoms with Gasteiger partial charge in [-0.3, -0.25) is 14.4 Å². The van der Waals surface area contributed by atoms with Crippen molar-refractivity contribution < 1.29 is 19.5 Å². The van der Waals surface area contributed by atoms with Crippen molar-refractivity contribution in [2.75, 3.05) is 13.6 Å². The molecule has 0 aromatic heterocycles. The molecule has 6 heteroatoms. The summed E-state index contributed by atoms with van der Waals surface area (Å²) >= 11 is 0. The Bertz CT molecular complexity index is 513. The number of carbonyl (C=O) groups is 3. The summed E-state index contributed by atoms with van der Waals surface area (Å²) in [6.45, 7) is 1.61. The van der Waals surface area contributed by atoms with E-state index in [2.05, 4.69) is 0 Å². The number of nitrogens with zero attached hydrogens (tertiary/aromatic N) is 1. The van der Waals surface area contributed by atoms with Crippen molar-refractivity contribution in [3.05, 3.63) is 35.4 Å². The molecular weight excluding hydrogens is 248 g/mol. The van der Waals surface area contributed by atoms with E-state index in [4.69, 9.17) is 10.8 Å². The minimum Gasteiger partial charge on any atom is -0.481 e. The number of hydrogen-bond acceptors (Lipinski definition) is 3. The zero-order valence-electron chi connectivity index (χ0n) is 10.8. The van der Waals surface area contributed by atoms with Crippen LogP contribution in [0.3, 0.4) is 0 Å². The average molecular weight is 264 g/mol. The molecule has 1 rings (SSSR count). The van der Waals surface area contributed by atoms with E-state index < -0.39 is 17.8 Å². The monoisotopic (exact) mass is 264 g/mol. The first-order valence-electron chi connectivity index (χ1n) is 5.71. The predicted molar refractivity (Wildman–Crippen MR) is 68.7 cm³/mol. The second kappa shape index (κ2) is 5.99. The van der Waals surface area contributed by atoms with Crippen LogP contribution < -0.4 is 5.73 Å². The number of primary amides is 1. The number of carboxylic acid groups (broad SMARTS) is 1. The molecule has 0 heterocycles. The summed E-state index contributed by atoms with van der Waals surface area (Å²) in [6.07, 6.45) is 0. The molecule has 102 valence electrons. The molecule has 1 atom stereocenters. The highest BCUT2D eigenvalue weighted by atomic mass is 16.4. The lowest BCUT2D eigenvalue weighted by atomic mass is 10.1. The molecule has 0 bridgehead atoms. The van der Waals surface area contributed by atoms with E-state index in [1.807, 2.05) is 0 Å². The van der Waals surface area contributed by atoms with Crippen molar-refractivity contribution in [2.24, 2.45) is 11.7 Å². The molecule has 0 spiro atoms. The second-order valence-corrected chi connectivity index (χ2v) is 4.37. The smallest absolute Gasteiger partial charge is 0.308 e. The molecule has 6 nitrogen and oxygen atoms in total. The third kappa shape index (κ3) is 3.80. The maximum Gasteiger partial charge on any atom is 0.308 e. The highest BCUT2D eigenvalue weighted by Gasteiger charge is 2.19. The summed E-state index contributed by atoms with van der Waals surface area (Å²) in [5, 5.41) is 8.80. The molecule has 3 N–H and O–H groups in total. The zero-order chi connectivity index (χ0) is 14.6. The first-order valence-corrected chi connectivity index (χ1v) is 5.71. The SMILES string of the molecule is CC(CN(C)C(=O)c1cccc(C(N)=O)c1)C(=O)O. The summed E-state index contributed by atoms with van der Waals surface area (Å²) in [5.74, 6) is -2.59. The highest BCUT2D eigenvalue weighted by Crippen LogP contribution is 2.09. The van der Waals surface area contributed by atoms with Gasteiger partial charge >= 0.3 is 5.97 Å². The molecule has 1 aromatic rings. The summed E-state index contributed by atoms with van der Waals surface area (Å²) < 4.78 is 0. The summed E-state index contributed by atoms with van der Waals surface area (Å²) in [7, 11) is 1.51. The molecule has 0 radical (unpaired) electrons. The zero-order valence-corrected chi connectivity index (χ0v) is 10.8. The minimum atomic E-state index is -0.967. The third-order valence-corrected chi connectivity index (χ3v) is 2.71. The molecule has 0 aliphatic heterocycles. The Kier molecular flexibility index (Phi) is 4.63. The van der Waals surface area contributed by atoms with Gasteiger partial charge in [0.05, 0.1) is 5.92 Å². The first kappa shape index (κ1) is 14.7. The van der Waals surface area contributed by atoms with E-state index in [9.17, 15) is 14.4 Å². The number of aliphatic carboxylic acids is 1. The van der Waals surface area contributed by atoms with Gasteiger partial charge in [-0.15, -0.1) is 0 Å². The number of benzene rings is 1. The number of amides is 2. The molecule has 1 aromatic carbocycles. The van der Waals surface area contributed by atoms with Gasteiger partial charge < -0.3 is 15.7 Å². The minimum absolute atomic E-state index is 0.0922. The third-order valence-electron chi connectivity index (χ3n) is 2.71. The van der Waals surface area contributed by atoms with Crippen molar-refractivity contribution in [1.29, 1.82) is 0 Å². The number of rotatable bonds is 5. The molecule has 1 unspecified atom stereocenters. The van der Waals surface area contributed by atoms with E-state index >= 15 is 0 Å². The van der Waals surface area contributed by atoms with Crippen LogP contribution in [0.1, 0.15) is 27.6 Å². The van der Waals surface area contributed by atoms with Gasteiger partial charge in [-0.2, -0.15) is 0 Å². The van der Waals surface area contributed by atoms with E-state index in [1.165, 1.54) is 31.0 Å². The lowest BCUT2D eigenvalue weighted by Gasteiger charge is -2.19.